The highest BCUT2D eigenvalue weighted by Gasteiger charge is 2.26. The topological polar surface area (TPSA) is 79.8 Å². The predicted molar refractivity (Wildman–Crippen MR) is 148 cm³/mol. The molecule has 2 aliphatic heterocycles. The van der Waals surface area contributed by atoms with Crippen molar-refractivity contribution in [1.82, 2.24) is 19.8 Å². The fourth-order valence-corrected chi connectivity index (χ4v) is 6.27. The number of methoxy groups -OCH3 is 1. The molecule has 1 atom stereocenters. The highest BCUT2D eigenvalue weighted by molar-refractivity contribution is 7.19. The number of rotatable bonds is 10. The van der Waals surface area contributed by atoms with Gasteiger partial charge in [0.1, 0.15) is 22.8 Å². The summed E-state index contributed by atoms with van der Waals surface area (Å²) in [5.74, 6) is 0.182. The third-order valence-electron chi connectivity index (χ3n) is 6.85. The Morgan fingerprint density at radius 3 is 3.11 bits per heavy atom. The van der Waals surface area contributed by atoms with E-state index in [1.165, 1.54) is 18.5 Å². The number of hydrogen-bond donors (Lipinski definition) is 1. The van der Waals surface area contributed by atoms with Crippen LogP contribution in [0.25, 0.3) is 10.2 Å². The van der Waals surface area contributed by atoms with E-state index in [0.29, 0.717) is 44.2 Å². The van der Waals surface area contributed by atoms with Crippen LogP contribution in [0.2, 0.25) is 5.02 Å². The molecule has 0 bridgehead atoms. The zero-order chi connectivity index (χ0) is 26.5. The molecule has 0 spiro atoms. The van der Waals surface area contributed by atoms with Crippen LogP contribution in [-0.4, -0.2) is 78.3 Å². The first-order chi connectivity index (χ1) is 18.5. The normalized spacial score (nSPS) is 17.6. The molecule has 4 heterocycles. The Balaban J connectivity index is 1.25. The summed E-state index contributed by atoms with van der Waals surface area (Å²) in [5.41, 5.74) is 1.80. The summed E-state index contributed by atoms with van der Waals surface area (Å²) in [6.45, 7) is 4.93. The Morgan fingerprint density at radius 2 is 2.32 bits per heavy atom. The summed E-state index contributed by atoms with van der Waals surface area (Å²) in [5, 5.41) is 4.24. The highest BCUT2D eigenvalue weighted by Crippen LogP contribution is 2.38. The van der Waals surface area contributed by atoms with Gasteiger partial charge in [-0.25, -0.2) is 14.4 Å². The molecule has 1 unspecified atom stereocenters. The van der Waals surface area contributed by atoms with Crippen LogP contribution >= 0.6 is 22.9 Å². The van der Waals surface area contributed by atoms with Crippen molar-refractivity contribution in [3.63, 3.8) is 0 Å². The minimum Gasteiger partial charge on any atom is -0.383 e. The van der Waals surface area contributed by atoms with Gasteiger partial charge in [0.2, 0.25) is 5.91 Å². The first-order valence-electron chi connectivity index (χ1n) is 12.8. The Kier molecular flexibility index (Phi) is 8.86. The molecule has 2 aromatic heterocycles. The lowest BCUT2D eigenvalue weighted by atomic mass is 10.0. The zero-order valence-corrected chi connectivity index (χ0v) is 22.9. The van der Waals surface area contributed by atoms with Gasteiger partial charge in [-0.15, -0.1) is 11.3 Å². The van der Waals surface area contributed by atoms with E-state index in [2.05, 4.69) is 20.2 Å². The second-order valence-electron chi connectivity index (χ2n) is 9.46. The standard InChI is InChI=1S/C27H31ClFN5O3S/c1-36-13-11-33(15-19-4-3-12-37-19)9-2-5-24(35)34-10-8-20-23(16-34)38-27-25(20)26(30-17-31-27)32-18-6-7-22(29)21(28)14-18/h2,5-7,14,17,19H,3-4,8-13,15-16H2,1H3,(H,30,31,32). The van der Waals surface area contributed by atoms with Gasteiger partial charge in [0.15, 0.2) is 0 Å². The van der Waals surface area contributed by atoms with Crippen molar-refractivity contribution in [2.75, 3.05) is 51.8 Å². The Bertz CT molecular complexity index is 1310. The van der Waals surface area contributed by atoms with E-state index in [1.807, 2.05) is 11.0 Å². The van der Waals surface area contributed by atoms with Crippen molar-refractivity contribution in [3.8, 4) is 0 Å². The zero-order valence-electron chi connectivity index (χ0n) is 21.3. The lowest BCUT2D eigenvalue weighted by Crippen LogP contribution is -2.36. The molecular formula is C27H31ClFN5O3S. The number of nitrogens with one attached hydrogen (secondary N) is 1. The second kappa shape index (κ2) is 12.5. The van der Waals surface area contributed by atoms with Crippen molar-refractivity contribution < 1.29 is 18.7 Å². The lowest BCUT2D eigenvalue weighted by molar-refractivity contribution is -0.126. The van der Waals surface area contributed by atoms with Crippen molar-refractivity contribution in [1.29, 1.82) is 0 Å². The number of anilines is 2. The van der Waals surface area contributed by atoms with Crippen molar-refractivity contribution in [2.45, 2.75) is 31.9 Å². The summed E-state index contributed by atoms with van der Waals surface area (Å²) in [6, 6.07) is 4.48. The fourth-order valence-electron chi connectivity index (χ4n) is 4.88. The molecule has 5 rings (SSSR count). The average Bonchev–Trinajstić information content (AvgIpc) is 3.56. The molecule has 0 radical (unpaired) electrons. The quantitative estimate of drug-likeness (QED) is 0.358. The van der Waals surface area contributed by atoms with Gasteiger partial charge in [-0.3, -0.25) is 9.69 Å². The third kappa shape index (κ3) is 6.32. The van der Waals surface area contributed by atoms with E-state index >= 15 is 0 Å². The largest absolute Gasteiger partial charge is 0.383 e. The second-order valence-corrected chi connectivity index (χ2v) is 11.0. The van der Waals surface area contributed by atoms with E-state index in [-0.39, 0.29) is 17.0 Å². The van der Waals surface area contributed by atoms with Crippen molar-refractivity contribution >= 4 is 50.6 Å². The van der Waals surface area contributed by atoms with Crippen LogP contribution in [0.15, 0.2) is 36.7 Å². The Labute approximate surface area is 230 Å². The summed E-state index contributed by atoms with van der Waals surface area (Å²) in [4.78, 5) is 28.0. The number of fused-ring (bicyclic) bond motifs is 3. The van der Waals surface area contributed by atoms with Gasteiger partial charge in [0, 0.05) is 56.5 Å². The summed E-state index contributed by atoms with van der Waals surface area (Å²) < 4.78 is 24.6. The summed E-state index contributed by atoms with van der Waals surface area (Å²) in [6.07, 6.45) is 8.28. The van der Waals surface area contributed by atoms with Crippen LogP contribution in [0.4, 0.5) is 15.9 Å². The van der Waals surface area contributed by atoms with Crippen LogP contribution in [0.1, 0.15) is 23.3 Å². The molecule has 38 heavy (non-hydrogen) atoms. The number of nitrogens with zero attached hydrogens (tertiary/aromatic N) is 4. The Hall–Kier alpha value is -2.63. The molecule has 1 fully saturated rings. The number of ether oxygens (including phenoxy) is 2. The maximum Gasteiger partial charge on any atom is 0.246 e. The Morgan fingerprint density at radius 1 is 1.42 bits per heavy atom. The van der Waals surface area contributed by atoms with Gasteiger partial charge in [-0.1, -0.05) is 17.7 Å². The van der Waals surface area contributed by atoms with Gasteiger partial charge in [-0.05, 0) is 43.0 Å². The van der Waals surface area contributed by atoms with Gasteiger partial charge in [0.05, 0.1) is 29.7 Å². The van der Waals surface area contributed by atoms with Gasteiger partial charge in [-0.2, -0.15) is 0 Å². The van der Waals surface area contributed by atoms with Crippen molar-refractivity contribution in [3.05, 3.63) is 58.0 Å². The average molecular weight is 560 g/mol. The van der Waals surface area contributed by atoms with Crippen LogP contribution < -0.4 is 5.32 Å². The van der Waals surface area contributed by atoms with Gasteiger partial charge < -0.3 is 19.7 Å². The molecule has 3 aromatic rings. The third-order valence-corrected chi connectivity index (χ3v) is 8.27. The first kappa shape index (κ1) is 27.0. The molecule has 0 aliphatic carbocycles. The maximum atomic E-state index is 13.6. The number of thiophene rings is 1. The molecule has 11 heteroatoms. The number of benzene rings is 1. The van der Waals surface area contributed by atoms with E-state index in [1.54, 1.807) is 30.6 Å². The van der Waals surface area contributed by atoms with Crippen LogP contribution in [-0.2, 0) is 27.2 Å². The number of halogens is 2. The number of hydrogen-bond acceptors (Lipinski definition) is 8. The number of carbonyl (C=O) groups is 1. The van der Waals surface area contributed by atoms with Gasteiger partial charge in [0.25, 0.3) is 0 Å². The van der Waals surface area contributed by atoms with E-state index in [0.717, 1.165) is 53.2 Å². The molecule has 1 amide bonds. The van der Waals surface area contributed by atoms with Crippen LogP contribution in [0.3, 0.4) is 0 Å². The maximum absolute atomic E-state index is 13.6. The number of aromatic nitrogens is 2. The minimum atomic E-state index is -0.470. The summed E-state index contributed by atoms with van der Waals surface area (Å²) in [7, 11) is 1.70. The molecule has 202 valence electrons. The highest BCUT2D eigenvalue weighted by atomic mass is 35.5. The molecule has 1 aromatic carbocycles. The van der Waals surface area contributed by atoms with Crippen molar-refractivity contribution in [2.24, 2.45) is 0 Å². The molecule has 1 saturated heterocycles. The first-order valence-corrected chi connectivity index (χ1v) is 14.0. The van der Waals surface area contributed by atoms with Gasteiger partial charge >= 0.3 is 0 Å². The number of carbonyl (C=O) groups excluding carboxylic acids is 1. The minimum absolute atomic E-state index is 0.00213. The van der Waals surface area contributed by atoms with Crippen LogP contribution in [0.5, 0.6) is 0 Å². The molecular weight excluding hydrogens is 529 g/mol. The van der Waals surface area contributed by atoms with E-state index in [4.69, 9.17) is 21.1 Å². The van der Waals surface area contributed by atoms with E-state index < -0.39 is 5.82 Å². The monoisotopic (exact) mass is 559 g/mol. The molecule has 0 saturated carbocycles. The summed E-state index contributed by atoms with van der Waals surface area (Å²) >= 11 is 7.52. The molecule has 1 N–H and O–H groups in total. The molecule has 8 nitrogen and oxygen atoms in total. The lowest BCUT2D eigenvalue weighted by Gasteiger charge is -2.26. The smallest absolute Gasteiger partial charge is 0.246 e. The fraction of sp³-hybridized carbons (Fsp3) is 0.444. The SMILES string of the molecule is COCCN(CC=CC(=O)N1CCc2c(sc3ncnc(Nc4ccc(F)c(Cl)c4)c23)C1)CC1CCCO1. The predicted octanol–water partition coefficient (Wildman–Crippen LogP) is 4.80. The van der Waals surface area contributed by atoms with Crippen LogP contribution in [0, 0.1) is 5.82 Å². The van der Waals surface area contributed by atoms with E-state index in [9.17, 15) is 9.18 Å². The number of amides is 1. The molecule has 2 aliphatic rings.